The average molecular weight is 457 g/mol. The molecule has 9 nitrogen and oxygen atoms in total. The molecule has 2 unspecified atom stereocenters. The number of ether oxygens (including phenoxy) is 1. The van der Waals surface area contributed by atoms with Crippen LogP contribution in [0, 0.1) is 5.92 Å². The highest BCUT2D eigenvalue weighted by Gasteiger charge is 2.27. The number of pyridine rings is 1. The van der Waals surface area contributed by atoms with Crippen LogP contribution in [-0.4, -0.2) is 67.7 Å². The molecule has 1 saturated carbocycles. The number of morpholine rings is 1. The zero-order chi connectivity index (χ0) is 21.6. The normalized spacial score (nSPS) is 23.0. The average Bonchev–Trinajstić information content (AvgIpc) is 2.75. The highest BCUT2D eigenvalue weighted by Crippen LogP contribution is 2.23. The summed E-state index contributed by atoms with van der Waals surface area (Å²) in [4.78, 5) is 28.3. The van der Waals surface area contributed by atoms with Gasteiger partial charge in [0.15, 0.2) is 0 Å². The second-order valence-electron chi connectivity index (χ2n) is 7.53. The van der Waals surface area contributed by atoms with Crippen molar-refractivity contribution in [2.24, 2.45) is 5.92 Å². The molecular formula is C19H28N4O5S2. The van der Waals surface area contributed by atoms with Crippen LogP contribution in [0.4, 0.5) is 4.79 Å². The quantitative estimate of drug-likeness (QED) is 0.624. The number of carbonyl (C=O) groups is 2. The number of hydrogen-bond acceptors (Lipinski definition) is 7. The predicted octanol–water partition coefficient (Wildman–Crippen LogP) is 1.60. The Hall–Kier alpha value is -1.69. The molecule has 1 aliphatic heterocycles. The van der Waals surface area contributed by atoms with Crippen LogP contribution in [0.25, 0.3) is 0 Å². The van der Waals surface area contributed by atoms with Crippen molar-refractivity contribution < 1.29 is 22.7 Å². The lowest BCUT2D eigenvalue weighted by Crippen LogP contribution is -2.48. The largest absolute Gasteiger partial charge is 0.379 e. The minimum Gasteiger partial charge on any atom is -0.379 e. The first-order valence-corrected chi connectivity index (χ1v) is 12.6. The summed E-state index contributed by atoms with van der Waals surface area (Å²) in [5.41, 5.74) is 0. The number of nitrogens with one attached hydrogen (secondary N) is 2. The minimum atomic E-state index is -3.60. The standard InChI is InChI=1S/C19H28N4O5S2/c1-14-4-2-3-5-16(14)21-19(25)22-17(24)13-29-18-7-6-15(12-20-18)30(26,27)23-8-10-28-11-9-23/h6-7,12,14,16H,2-5,8-11,13H2,1H3,(H2,21,22,24,25). The summed E-state index contributed by atoms with van der Waals surface area (Å²) in [7, 11) is -3.60. The van der Waals surface area contributed by atoms with E-state index in [0.29, 0.717) is 37.2 Å². The Morgan fingerprint density at radius 1 is 1.23 bits per heavy atom. The summed E-state index contributed by atoms with van der Waals surface area (Å²) in [5, 5.41) is 5.73. The number of thioether (sulfide) groups is 1. The molecular weight excluding hydrogens is 428 g/mol. The molecule has 3 rings (SSSR count). The van der Waals surface area contributed by atoms with Gasteiger partial charge in [0.05, 0.1) is 24.0 Å². The lowest BCUT2D eigenvalue weighted by molar-refractivity contribution is -0.117. The third-order valence-electron chi connectivity index (χ3n) is 5.35. The Kier molecular flexibility index (Phi) is 8.09. The first-order valence-electron chi connectivity index (χ1n) is 10.1. The van der Waals surface area contributed by atoms with Gasteiger partial charge in [-0.15, -0.1) is 0 Å². The van der Waals surface area contributed by atoms with E-state index in [2.05, 4.69) is 22.5 Å². The Morgan fingerprint density at radius 2 is 1.97 bits per heavy atom. The van der Waals surface area contributed by atoms with Gasteiger partial charge in [0.25, 0.3) is 0 Å². The third kappa shape index (κ3) is 6.16. The van der Waals surface area contributed by atoms with Gasteiger partial charge in [0.2, 0.25) is 15.9 Å². The van der Waals surface area contributed by atoms with Crippen LogP contribution < -0.4 is 10.6 Å². The number of sulfonamides is 1. The van der Waals surface area contributed by atoms with Gasteiger partial charge in [-0.1, -0.05) is 31.5 Å². The molecule has 0 bridgehead atoms. The number of hydrogen-bond donors (Lipinski definition) is 2. The Balaban J connectivity index is 1.46. The minimum absolute atomic E-state index is 0.0101. The van der Waals surface area contributed by atoms with E-state index in [-0.39, 0.29) is 16.7 Å². The van der Waals surface area contributed by atoms with Crippen LogP contribution >= 0.6 is 11.8 Å². The zero-order valence-corrected chi connectivity index (χ0v) is 18.6. The van der Waals surface area contributed by atoms with Gasteiger partial charge in [-0.05, 0) is 30.9 Å². The molecule has 11 heteroatoms. The fourth-order valence-corrected chi connectivity index (χ4v) is 5.57. The molecule has 2 N–H and O–H groups in total. The molecule has 2 atom stereocenters. The van der Waals surface area contributed by atoms with Crippen LogP contribution in [0.2, 0.25) is 0 Å². The lowest BCUT2D eigenvalue weighted by atomic mass is 9.86. The van der Waals surface area contributed by atoms with Crippen molar-refractivity contribution in [2.75, 3.05) is 32.1 Å². The number of carbonyl (C=O) groups excluding carboxylic acids is 2. The van der Waals surface area contributed by atoms with Gasteiger partial charge < -0.3 is 10.1 Å². The van der Waals surface area contributed by atoms with E-state index in [9.17, 15) is 18.0 Å². The zero-order valence-electron chi connectivity index (χ0n) is 17.0. The van der Waals surface area contributed by atoms with Crippen molar-refractivity contribution >= 4 is 33.7 Å². The van der Waals surface area contributed by atoms with Crippen LogP contribution in [-0.2, 0) is 19.6 Å². The number of aromatic nitrogens is 1. The highest BCUT2D eigenvalue weighted by molar-refractivity contribution is 7.99. The molecule has 166 valence electrons. The van der Waals surface area contributed by atoms with E-state index in [1.165, 1.54) is 23.0 Å². The second kappa shape index (κ2) is 10.6. The van der Waals surface area contributed by atoms with Crippen LogP contribution in [0.15, 0.2) is 28.3 Å². The number of amides is 3. The fraction of sp³-hybridized carbons (Fsp3) is 0.632. The van der Waals surface area contributed by atoms with Gasteiger partial charge >= 0.3 is 6.03 Å². The number of nitrogens with zero attached hydrogens (tertiary/aromatic N) is 2. The maximum absolute atomic E-state index is 12.6. The molecule has 1 aliphatic carbocycles. The number of urea groups is 1. The predicted molar refractivity (Wildman–Crippen MR) is 113 cm³/mol. The van der Waals surface area contributed by atoms with Crippen molar-refractivity contribution in [1.29, 1.82) is 0 Å². The van der Waals surface area contributed by atoms with E-state index in [0.717, 1.165) is 31.0 Å². The summed E-state index contributed by atoms with van der Waals surface area (Å²) in [6.07, 6.45) is 5.57. The van der Waals surface area contributed by atoms with Crippen LogP contribution in [0.1, 0.15) is 32.6 Å². The molecule has 30 heavy (non-hydrogen) atoms. The maximum atomic E-state index is 12.6. The van der Waals surface area contributed by atoms with Crippen molar-refractivity contribution in [2.45, 2.75) is 48.6 Å². The second-order valence-corrected chi connectivity index (χ2v) is 10.5. The molecule has 2 aliphatic rings. The molecule has 2 heterocycles. The highest BCUT2D eigenvalue weighted by atomic mass is 32.2. The molecule has 0 aromatic carbocycles. The van der Waals surface area contributed by atoms with Gasteiger partial charge in [0.1, 0.15) is 4.90 Å². The Bertz CT molecular complexity index is 841. The molecule has 0 radical (unpaired) electrons. The first-order chi connectivity index (χ1) is 14.4. The van der Waals surface area contributed by atoms with E-state index < -0.39 is 22.0 Å². The van der Waals surface area contributed by atoms with Crippen molar-refractivity contribution in [3.8, 4) is 0 Å². The summed E-state index contributed by atoms with van der Waals surface area (Å²) < 4.78 is 31.7. The maximum Gasteiger partial charge on any atom is 0.321 e. The van der Waals surface area contributed by atoms with E-state index >= 15 is 0 Å². The molecule has 1 aromatic heterocycles. The molecule has 0 spiro atoms. The number of rotatable bonds is 6. The van der Waals surface area contributed by atoms with E-state index in [1.807, 2.05) is 0 Å². The summed E-state index contributed by atoms with van der Waals surface area (Å²) in [6, 6.07) is 2.67. The molecule has 3 amide bonds. The monoisotopic (exact) mass is 456 g/mol. The van der Waals surface area contributed by atoms with E-state index in [1.54, 1.807) is 6.07 Å². The molecule has 1 aromatic rings. The smallest absolute Gasteiger partial charge is 0.321 e. The molecule has 1 saturated heterocycles. The summed E-state index contributed by atoms with van der Waals surface area (Å²) in [5.74, 6) is -0.00543. The van der Waals surface area contributed by atoms with Crippen LogP contribution in [0.3, 0.4) is 0 Å². The van der Waals surface area contributed by atoms with Gasteiger partial charge in [-0.3, -0.25) is 10.1 Å². The van der Waals surface area contributed by atoms with Gasteiger partial charge in [-0.25, -0.2) is 18.2 Å². The van der Waals surface area contributed by atoms with Gasteiger partial charge in [-0.2, -0.15) is 4.31 Å². The first kappa shape index (κ1) is 23.0. The Morgan fingerprint density at radius 3 is 2.63 bits per heavy atom. The SMILES string of the molecule is CC1CCCCC1NC(=O)NC(=O)CSc1ccc(S(=O)(=O)N2CCOCC2)cn1. The van der Waals surface area contributed by atoms with Crippen molar-refractivity contribution in [1.82, 2.24) is 19.9 Å². The van der Waals surface area contributed by atoms with Crippen LogP contribution in [0.5, 0.6) is 0 Å². The summed E-state index contributed by atoms with van der Waals surface area (Å²) in [6.45, 7) is 3.50. The molecule has 2 fully saturated rings. The van der Waals surface area contributed by atoms with E-state index in [4.69, 9.17) is 4.74 Å². The fourth-order valence-electron chi connectivity index (χ4n) is 3.58. The third-order valence-corrected chi connectivity index (χ3v) is 8.18. The number of imide groups is 1. The topological polar surface area (TPSA) is 118 Å². The van der Waals surface area contributed by atoms with Crippen molar-refractivity contribution in [3.05, 3.63) is 18.3 Å². The summed E-state index contributed by atoms with van der Waals surface area (Å²) >= 11 is 1.14. The van der Waals surface area contributed by atoms with Crippen molar-refractivity contribution in [3.63, 3.8) is 0 Å². The van der Waals surface area contributed by atoms with Gasteiger partial charge in [0, 0.05) is 25.3 Å². The Labute approximate surface area is 181 Å². The lowest BCUT2D eigenvalue weighted by Gasteiger charge is -2.29.